The topological polar surface area (TPSA) is 41.5 Å². The summed E-state index contributed by atoms with van der Waals surface area (Å²) < 4.78 is 21.0. The Bertz CT molecular complexity index is 822. The molecule has 0 aliphatic carbocycles. The summed E-state index contributed by atoms with van der Waals surface area (Å²) in [6, 6.07) is 10.6. The third kappa shape index (κ3) is 3.11. The molecule has 26 heavy (non-hydrogen) atoms. The van der Waals surface area contributed by atoms with Crippen LogP contribution in [0.5, 0.6) is 5.75 Å². The normalized spacial score (nSPS) is 26.2. The lowest BCUT2D eigenvalue weighted by molar-refractivity contribution is -0.00831. The van der Waals surface area contributed by atoms with Gasteiger partial charge >= 0.3 is 0 Å². The minimum Gasteiger partial charge on any atom is -0.482 e. The highest BCUT2D eigenvalue weighted by atomic mass is 35.5. The summed E-state index contributed by atoms with van der Waals surface area (Å²) in [5.41, 5.74) is 1.40. The highest BCUT2D eigenvalue weighted by Crippen LogP contribution is 2.49. The molecule has 2 heterocycles. The van der Waals surface area contributed by atoms with E-state index in [1.165, 1.54) is 6.07 Å². The molecule has 2 aromatic rings. The standard InChI is InChI=1S/C21H23ClFNO2/c1-21(17-6-5-14(22)11-18(17)23)12-19(25)16-4-2-3-15(20(16)26-21)13-7-9-24-10-8-13/h2-6,11,13,19,24-25H,7-10,12H2,1H3. The lowest BCUT2D eigenvalue weighted by atomic mass is 9.81. The Kier molecular flexibility index (Phi) is 4.68. The van der Waals surface area contributed by atoms with E-state index >= 15 is 0 Å². The number of fused-ring (bicyclic) bond motifs is 1. The van der Waals surface area contributed by atoms with Crippen molar-refractivity contribution in [3.05, 3.63) is 63.9 Å². The van der Waals surface area contributed by atoms with Crippen LogP contribution in [0, 0.1) is 5.82 Å². The number of benzene rings is 2. The fraction of sp³-hybridized carbons (Fsp3) is 0.429. The van der Waals surface area contributed by atoms with Crippen LogP contribution in [-0.4, -0.2) is 18.2 Å². The number of piperidine rings is 1. The molecule has 5 heteroatoms. The van der Waals surface area contributed by atoms with E-state index in [1.807, 2.05) is 19.1 Å². The number of aliphatic hydroxyl groups excluding tert-OH is 1. The van der Waals surface area contributed by atoms with Crippen LogP contribution in [0.25, 0.3) is 0 Å². The average Bonchev–Trinajstić information content (AvgIpc) is 2.61. The predicted molar refractivity (Wildman–Crippen MR) is 100 cm³/mol. The van der Waals surface area contributed by atoms with Gasteiger partial charge in [-0.1, -0.05) is 35.9 Å². The minimum atomic E-state index is -0.940. The van der Waals surface area contributed by atoms with Gasteiger partial charge in [0.2, 0.25) is 0 Å². The molecule has 1 fully saturated rings. The number of hydrogen-bond donors (Lipinski definition) is 2. The van der Waals surface area contributed by atoms with Crippen LogP contribution in [-0.2, 0) is 5.60 Å². The first-order valence-corrected chi connectivity index (χ1v) is 9.52. The molecule has 0 spiro atoms. The molecule has 1 saturated heterocycles. The van der Waals surface area contributed by atoms with E-state index in [9.17, 15) is 9.50 Å². The smallest absolute Gasteiger partial charge is 0.137 e. The van der Waals surface area contributed by atoms with Crippen LogP contribution >= 0.6 is 11.6 Å². The van der Waals surface area contributed by atoms with Gasteiger partial charge in [-0.3, -0.25) is 0 Å². The zero-order valence-electron chi connectivity index (χ0n) is 14.8. The van der Waals surface area contributed by atoms with Gasteiger partial charge in [-0.25, -0.2) is 4.39 Å². The summed E-state index contributed by atoms with van der Waals surface area (Å²) in [6.07, 6.45) is 1.67. The Balaban J connectivity index is 1.77. The highest BCUT2D eigenvalue weighted by Gasteiger charge is 2.41. The SMILES string of the molecule is CC1(c2ccc(Cl)cc2F)CC(O)c2cccc(C3CCNCC3)c2O1. The Morgan fingerprint density at radius 3 is 2.65 bits per heavy atom. The molecule has 2 N–H and O–H groups in total. The maximum Gasteiger partial charge on any atom is 0.137 e. The molecule has 2 unspecified atom stereocenters. The molecule has 0 aromatic heterocycles. The average molecular weight is 376 g/mol. The molecule has 4 rings (SSSR count). The summed E-state index contributed by atoms with van der Waals surface area (Å²) >= 11 is 5.90. The lowest BCUT2D eigenvalue weighted by Crippen LogP contribution is -2.37. The van der Waals surface area contributed by atoms with Gasteiger partial charge in [-0.2, -0.15) is 0 Å². The minimum absolute atomic E-state index is 0.300. The number of aliphatic hydroxyl groups is 1. The molecule has 0 amide bonds. The quantitative estimate of drug-likeness (QED) is 0.801. The Labute approximate surface area is 158 Å². The molecule has 0 bridgehead atoms. The van der Waals surface area contributed by atoms with Gasteiger partial charge in [-0.05, 0) is 56.5 Å². The number of hydrogen-bond acceptors (Lipinski definition) is 3. The number of halogens is 2. The second kappa shape index (κ2) is 6.84. The van der Waals surface area contributed by atoms with Gasteiger partial charge in [-0.15, -0.1) is 0 Å². The predicted octanol–water partition coefficient (Wildman–Crippen LogP) is 4.68. The van der Waals surface area contributed by atoms with Crippen molar-refractivity contribution >= 4 is 11.6 Å². The van der Waals surface area contributed by atoms with Crippen LogP contribution < -0.4 is 10.1 Å². The first-order valence-electron chi connectivity index (χ1n) is 9.14. The third-order valence-electron chi connectivity index (χ3n) is 5.62. The zero-order valence-corrected chi connectivity index (χ0v) is 15.5. The van der Waals surface area contributed by atoms with Crippen LogP contribution in [0.3, 0.4) is 0 Å². The van der Waals surface area contributed by atoms with Crippen LogP contribution in [0.4, 0.5) is 4.39 Å². The lowest BCUT2D eigenvalue weighted by Gasteiger charge is -2.40. The van der Waals surface area contributed by atoms with Crippen molar-refractivity contribution in [3.63, 3.8) is 0 Å². The first kappa shape index (κ1) is 17.8. The van der Waals surface area contributed by atoms with Crippen molar-refractivity contribution < 1.29 is 14.2 Å². The van der Waals surface area contributed by atoms with Crippen LogP contribution in [0.1, 0.15) is 54.9 Å². The summed E-state index contributed by atoms with van der Waals surface area (Å²) in [5.74, 6) is 0.695. The number of nitrogens with one attached hydrogen (secondary N) is 1. The van der Waals surface area contributed by atoms with Gasteiger partial charge in [0, 0.05) is 22.6 Å². The van der Waals surface area contributed by atoms with E-state index in [4.69, 9.17) is 16.3 Å². The largest absolute Gasteiger partial charge is 0.482 e. The van der Waals surface area contributed by atoms with E-state index in [2.05, 4.69) is 11.4 Å². The number of ether oxygens (including phenoxy) is 1. The van der Waals surface area contributed by atoms with Crippen molar-refractivity contribution in [1.82, 2.24) is 5.32 Å². The monoisotopic (exact) mass is 375 g/mol. The van der Waals surface area contributed by atoms with E-state index in [0.29, 0.717) is 22.9 Å². The second-order valence-corrected chi connectivity index (χ2v) is 7.90. The number of para-hydroxylation sites is 1. The van der Waals surface area contributed by atoms with Crippen molar-refractivity contribution in [2.45, 2.75) is 43.8 Å². The fourth-order valence-corrected chi connectivity index (χ4v) is 4.40. The molecule has 3 nitrogen and oxygen atoms in total. The molecule has 2 atom stereocenters. The Morgan fingerprint density at radius 1 is 1.19 bits per heavy atom. The van der Waals surface area contributed by atoms with Crippen LogP contribution in [0.2, 0.25) is 5.02 Å². The van der Waals surface area contributed by atoms with Crippen molar-refractivity contribution in [1.29, 1.82) is 0 Å². The van der Waals surface area contributed by atoms with Gasteiger partial charge in [0.1, 0.15) is 17.2 Å². The maximum absolute atomic E-state index is 14.6. The molecule has 0 saturated carbocycles. The maximum atomic E-state index is 14.6. The Morgan fingerprint density at radius 2 is 1.92 bits per heavy atom. The summed E-state index contributed by atoms with van der Waals surface area (Å²) in [6.45, 7) is 3.78. The van der Waals surface area contributed by atoms with Gasteiger partial charge in [0.25, 0.3) is 0 Å². The van der Waals surface area contributed by atoms with Crippen LogP contribution in [0.15, 0.2) is 36.4 Å². The second-order valence-electron chi connectivity index (χ2n) is 7.47. The zero-order chi connectivity index (χ0) is 18.3. The molecular formula is C21H23ClFNO2. The summed E-state index contributed by atoms with van der Waals surface area (Å²) in [5, 5.41) is 14.5. The molecule has 2 aliphatic heterocycles. The van der Waals surface area contributed by atoms with Gasteiger partial charge in [0.15, 0.2) is 0 Å². The highest BCUT2D eigenvalue weighted by molar-refractivity contribution is 6.30. The molecule has 2 aliphatic rings. The molecule has 138 valence electrons. The Hall–Kier alpha value is -1.62. The van der Waals surface area contributed by atoms with Gasteiger partial charge in [0.05, 0.1) is 6.10 Å². The van der Waals surface area contributed by atoms with E-state index < -0.39 is 17.5 Å². The summed E-state index contributed by atoms with van der Waals surface area (Å²) in [4.78, 5) is 0. The molecule has 0 radical (unpaired) electrons. The number of rotatable bonds is 2. The van der Waals surface area contributed by atoms with E-state index in [1.54, 1.807) is 12.1 Å². The van der Waals surface area contributed by atoms with E-state index in [0.717, 1.165) is 42.8 Å². The molecule has 2 aromatic carbocycles. The van der Waals surface area contributed by atoms with Gasteiger partial charge < -0.3 is 15.2 Å². The summed E-state index contributed by atoms with van der Waals surface area (Å²) in [7, 11) is 0. The molecular weight excluding hydrogens is 353 g/mol. The third-order valence-corrected chi connectivity index (χ3v) is 5.86. The first-order chi connectivity index (χ1) is 12.5. The van der Waals surface area contributed by atoms with Crippen molar-refractivity contribution in [3.8, 4) is 5.75 Å². The van der Waals surface area contributed by atoms with Crippen molar-refractivity contribution in [2.24, 2.45) is 0 Å². The van der Waals surface area contributed by atoms with Crippen molar-refractivity contribution in [2.75, 3.05) is 13.1 Å². The van der Waals surface area contributed by atoms with E-state index in [-0.39, 0.29) is 0 Å². The fourth-order valence-electron chi connectivity index (χ4n) is 4.24.